The van der Waals surface area contributed by atoms with E-state index in [0.717, 1.165) is 0 Å². The lowest BCUT2D eigenvalue weighted by Crippen LogP contribution is -2.15. The van der Waals surface area contributed by atoms with Crippen molar-refractivity contribution in [2.45, 2.75) is 6.92 Å². The minimum atomic E-state index is -0.507. The van der Waals surface area contributed by atoms with Crippen LogP contribution in [0.4, 0.5) is 11.4 Å². The Balaban J connectivity index is 2.38. The van der Waals surface area contributed by atoms with Crippen molar-refractivity contribution in [1.82, 2.24) is 10.2 Å². The quantitative estimate of drug-likeness (QED) is 0.780. The number of anilines is 2. The highest BCUT2D eigenvalue weighted by molar-refractivity contribution is 6.07. The van der Waals surface area contributed by atoms with Crippen molar-refractivity contribution >= 4 is 17.3 Å². The summed E-state index contributed by atoms with van der Waals surface area (Å²) in [6, 6.07) is 6.89. The number of hydrogen-bond acceptors (Lipinski definition) is 5. The van der Waals surface area contributed by atoms with Crippen LogP contribution >= 0.6 is 0 Å². The zero-order chi connectivity index (χ0) is 14.7. The number of para-hydroxylation sites is 1. The zero-order valence-corrected chi connectivity index (χ0v) is 11.0. The molecule has 7 nitrogen and oxygen atoms in total. The Bertz CT molecular complexity index is 699. The van der Waals surface area contributed by atoms with Crippen LogP contribution in [0.3, 0.4) is 0 Å². The predicted molar refractivity (Wildman–Crippen MR) is 73.4 cm³/mol. The lowest BCUT2D eigenvalue weighted by molar-refractivity contribution is 0.102. The molecule has 0 saturated heterocycles. The average molecular weight is 271 g/mol. The molecule has 1 heterocycles. The lowest BCUT2D eigenvalue weighted by Gasteiger charge is -2.10. The molecule has 0 saturated carbocycles. The molecule has 1 amide bonds. The number of nitrogens with zero attached hydrogens (tertiary/aromatic N) is 2. The Kier molecular flexibility index (Phi) is 3.57. The van der Waals surface area contributed by atoms with Crippen molar-refractivity contribution in [2.24, 2.45) is 0 Å². The Morgan fingerprint density at radius 3 is 2.85 bits per heavy atom. The minimum absolute atomic E-state index is 0.0808. The third kappa shape index (κ3) is 2.27. The molecule has 0 aliphatic heterocycles. The molecule has 102 valence electrons. The number of ether oxygens (including phenoxy) is 1. The third-order valence-corrected chi connectivity index (χ3v) is 2.81. The first-order valence-electron chi connectivity index (χ1n) is 5.77. The van der Waals surface area contributed by atoms with E-state index in [1.807, 2.05) is 6.07 Å². The number of aryl methyl sites for hydroxylation is 1. The van der Waals surface area contributed by atoms with E-state index >= 15 is 0 Å². The summed E-state index contributed by atoms with van der Waals surface area (Å²) in [5.74, 6) is -0.115. The number of H-pyrrole nitrogens is 1. The molecule has 0 unspecified atom stereocenters. The highest BCUT2D eigenvalue weighted by Crippen LogP contribution is 2.28. The Morgan fingerprint density at radius 1 is 1.55 bits per heavy atom. The number of nitriles is 1. The Hall–Kier alpha value is -3.01. The number of carbonyl (C=O) groups is 1. The van der Waals surface area contributed by atoms with Crippen LogP contribution < -0.4 is 15.8 Å². The number of rotatable bonds is 3. The van der Waals surface area contributed by atoms with Gasteiger partial charge in [-0.2, -0.15) is 10.4 Å². The van der Waals surface area contributed by atoms with Gasteiger partial charge in [0.05, 0.1) is 24.1 Å². The highest BCUT2D eigenvalue weighted by atomic mass is 16.5. The normalized spacial score (nSPS) is 9.85. The molecule has 0 aliphatic rings. The maximum absolute atomic E-state index is 12.1. The second-order valence-corrected chi connectivity index (χ2v) is 4.06. The van der Waals surface area contributed by atoms with Crippen molar-refractivity contribution in [3.8, 4) is 11.8 Å². The molecular formula is C13H13N5O2. The van der Waals surface area contributed by atoms with Crippen LogP contribution in [-0.4, -0.2) is 23.2 Å². The van der Waals surface area contributed by atoms with Crippen LogP contribution in [0.1, 0.15) is 21.7 Å². The van der Waals surface area contributed by atoms with Crippen LogP contribution in [-0.2, 0) is 0 Å². The number of amides is 1. The maximum atomic E-state index is 12.1. The second-order valence-electron chi connectivity index (χ2n) is 4.06. The van der Waals surface area contributed by atoms with Gasteiger partial charge in [0.15, 0.2) is 5.69 Å². The van der Waals surface area contributed by atoms with Gasteiger partial charge in [-0.1, -0.05) is 6.07 Å². The second kappa shape index (κ2) is 5.32. The maximum Gasteiger partial charge on any atom is 0.278 e. The van der Waals surface area contributed by atoms with Crippen molar-refractivity contribution in [1.29, 1.82) is 5.26 Å². The lowest BCUT2D eigenvalue weighted by atomic mass is 10.1. The predicted octanol–water partition coefficient (Wildman–Crippen LogP) is 1.43. The van der Waals surface area contributed by atoms with E-state index in [2.05, 4.69) is 15.5 Å². The summed E-state index contributed by atoms with van der Waals surface area (Å²) in [6.45, 7) is 1.71. The standard InChI is InChI=1S/C13H13N5O2/c1-7-10(15)12(18-17-7)13(19)16-11-8(6-14)4-3-5-9(11)20-2/h3-5H,15H2,1-2H3,(H,16,19)(H,17,18). The smallest absolute Gasteiger partial charge is 0.278 e. The monoisotopic (exact) mass is 271 g/mol. The number of nitrogen functional groups attached to an aromatic ring is 1. The van der Waals surface area contributed by atoms with E-state index < -0.39 is 5.91 Å². The number of carbonyl (C=O) groups excluding carboxylic acids is 1. The molecule has 0 atom stereocenters. The van der Waals surface area contributed by atoms with Crippen LogP contribution in [0.2, 0.25) is 0 Å². The molecular weight excluding hydrogens is 258 g/mol. The number of nitrogens with two attached hydrogens (primary N) is 1. The van der Waals surface area contributed by atoms with Gasteiger partial charge in [-0.05, 0) is 19.1 Å². The molecule has 4 N–H and O–H groups in total. The number of methoxy groups -OCH3 is 1. The van der Waals surface area contributed by atoms with Gasteiger partial charge >= 0.3 is 0 Å². The molecule has 2 rings (SSSR count). The summed E-state index contributed by atoms with van der Waals surface area (Å²) in [6.07, 6.45) is 0. The topological polar surface area (TPSA) is 117 Å². The SMILES string of the molecule is COc1cccc(C#N)c1NC(=O)c1n[nH]c(C)c1N. The summed E-state index contributed by atoms with van der Waals surface area (Å²) < 4.78 is 5.13. The first-order valence-corrected chi connectivity index (χ1v) is 5.77. The zero-order valence-electron chi connectivity index (χ0n) is 11.0. The fourth-order valence-electron chi connectivity index (χ4n) is 1.71. The first-order chi connectivity index (χ1) is 9.58. The van der Waals surface area contributed by atoms with E-state index in [9.17, 15) is 4.79 Å². The summed E-state index contributed by atoms with van der Waals surface area (Å²) in [7, 11) is 1.46. The Morgan fingerprint density at radius 2 is 2.30 bits per heavy atom. The summed E-state index contributed by atoms with van der Waals surface area (Å²) >= 11 is 0. The number of nitrogens with one attached hydrogen (secondary N) is 2. The molecule has 0 aliphatic carbocycles. The fraction of sp³-hybridized carbons (Fsp3) is 0.154. The highest BCUT2D eigenvalue weighted by Gasteiger charge is 2.18. The summed E-state index contributed by atoms with van der Waals surface area (Å²) in [4.78, 5) is 12.1. The van der Waals surface area contributed by atoms with Gasteiger partial charge < -0.3 is 15.8 Å². The fourth-order valence-corrected chi connectivity index (χ4v) is 1.71. The minimum Gasteiger partial charge on any atom is -0.495 e. The average Bonchev–Trinajstić information content (AvgIpc) is 2.79. The van der Waals surface area contributed by atoms with Crippen molar-refractivity contribution in [2.75, 3.05) is 18.2 Å². The molecule has 0 spiro atoms. The summed E-state index contributed by atoms with van der Waals surface area (Å²) in [5, 5.41) is 18.1. The largest absolute Gasteiger partial charge is 0.495 e. The van der Waals surface area contributed by atoms with Gasteiger partial charge in [0.1, 0.15) is 17.5 Å². The van der Waals surface area contributed by atoms with E-state index in [1.165, 1.54) is 7.11 Å². The van der Waals surface area contributed by atoms with Gasteiger partial charge in [0, 0.05) is 0 Å². The van der Waals surface area contributed by atoms with Gasteiger partial charge in [-0.15, -0.1) is 0 Å². The number of aromatic amines is 1. The molecule has 1 aromatic heterocycles. The van der Waals surface area contributed by atoms with Gasteiger partial charge in [-0.3, -0.25) is 9.89 Å². The van der Waals surface area contributed by atoms with Gasteiger partial charge in [0.25, 0.3) is 5.91 Å². The van der Waals surface area contributed by atoms with Crippen LogP contribution in [0.25, 0.3) is 0 Å². The van der Waals surface area contributed by atoms with Crippen LogP contribution in [0.5, 0.6) is 5.75 Å². The molecule has 1 aromatic carbocycles. The van der Waals surface area contributed by atoms with E-state index in [1.54, 1.807) is 25.1 Å². The molecule has 0 fully saturated rings. The molecule has 20 heavy (non-hydrogen) atoms. The van der Waals surface area contributed by atoms with Crippen LogP contribution in [0.15, 0.2) is 18.2 Å². The third-order valence-electron chi connectivity index (χ3n) is 2.81. The number of hydrogen-bond donors (Lipinski definition) is 3. The molecule has 0 radical (unpaired) electrons. The molecule has 2 aromatic rings. The van der Waals surface area contributed by atoms with Crippen LogP contribution in [0, 0.1) is 18.3 Å². The summed E-state index contributed by atoms with van der Waals surface area (Å²) in [5.41, 5.74) is 7.30. The number of benzene rings is 1. The van der Waals surface area contributed by atoms with E-state index in [-0.39, 0.29) is 11.4 Å². The first kappa shape index (κ1) is 13.4. The Labute approximate surface area is 115 Å². The molecule has 0 bridgehead atoms. The van der Waals surface area contributed by atoms with E-state index in [0.29, 0.717) is 22.7 Å². The van der Waals surface area contributed by atoms with Crippen molar-refractivity contribution in [3.63, 3.8) is 0 Å². The van der Waals surface area contributed by atoms with Gasteiger partial charge in [-0.25, -0.2) is 0 Å². The van der Waals surface area contributed by atoms with E-state index in [4.69, 9.17) is 15.7 Å². The molecule has 7 heteroatoms. The van der Waals surface area contributed by atoms with Gasteiger partial charge in [0.2, 0.25) is 0 Å². The number of aromatic nitrogens is 2. The van der Waals surface area contributed by atoms with Crippen molar-refractivity contribution in [3.05, 3.63) is 35.2 Å². The van der Waals surface area contributed by atoms with Crippen molar-refractivity contribution < 1.29 is 9.53 Å².